The number of rotatable bonds is 6. The van der Waals surface area contributed by atoms with Crippen LogP contribution < -0.4 is 5.32 Å². The average Bonchev–Trinajstić information content (AvgIpc) is 2.29. The molecule has 0 aliphatic heterocycles. The minimum atomic E-state index is -4.26. The Kier molecular flexibility index (Phi) is 5.66. The predicted molar refractivity (Wildman–Crippen MR) is 67.5 cm³/mol. The second-order valence-corrected chi connectivity index (χ2v) is 4.45. The van der Waals surface area contributed by atoms with E-state index in [-0.39, 0.29) is 6.04 Å². The number of benzene rings is 1. The molecule has 1 atom stereocenters. The molecule has 1 unspecified atom stereocenters. The summed E-state index contributed by atoms with van der Waals surface area (Å²) in [5, 5.41) is 3.31. The normalized spacial score (nSPS) is 13.6. The molecular weight excluding hydrogens is 239 g/mol. The Bertz CT molecular complexity index is 354. The molecule has 0 fully saturated rings. The van der Waals surface area contributed by atoms with Gasteiger partial charge in [-0.2, -0.15) is 13.2 Å². The van der Waals surface area contributed by atoms with Crippen LogP contribution in [0.3, 0.4) is 0 Å². The van der Waals surface area contributed by atoms with Gasteiger partial charge in [0.15, 0.2) is 0 Å². The molecule has 0 amide bonds. The minimum Gasteiger partial charge on any atom is -0.314 e. The van der Waals surface area contributed by atoms with Gasteiger partial charge in [-0.3, -0.25) is 0 Å². The number of alkyl halides is 3. The smallest absolute Gasteiger partial charge is 0.314 e. The molecule has 1 aromatic carbocycles. The summed E-state index contributed by atoms with van der Waals surface area (Å²) in [5.41, 5.74) is 0.177. The Labute approximate surface area is 106 Å². The van der Waals surface area contributed by atoms with Crippen LogP contribution in [0.1, 0.15) is 37.8 Å². The van der Waals surface area contributed by atoms with Crippen molar-refractivity contribution in [2.75, 3.05) is 6.54 Å². The SMILES string of the molecule is CCCC(Cc1cccc(C(F)(F)F)c1)NCC. The summed E-state index contributed by atoms with van der Waals surface area (Å²) in [6.07, 6.45) is -1.61. The number of nitrogens with one attached hydrogen (secondary N) is 1. The molecule has 1 rings (SSSR count). The summed E-state index contributed by atoms with van der Waals surface area (Å²) in [6.45, 7) is 4.93. The predicted octanol–water partition coefficient (Wildman–Crippen LogP) is 4.03. The minimum absolute atomic E-state index is 0.253. The highest BCUT2D eigenvalue weighted by Crippen LogP contribution is 2.29. The van der Waals surface area contributed by atoms with E-state index < -0.39 is 11.7 Å². The van der Waals surface area contributed by atoms with E-state index in [1.54, 1.807) is 6.07 Å². The summed E-state index contributed by atoms with van der Waals surface area (Å²) >= 11 is 0. The maximum atomic E-state index is 12.6. The van der Waals surface area contributed by atoms with Gasteiger partial charge >= 0.3 is 6.18 Å². The first-order chi connectivity index (χ1) is 8.47. The lowest BCUT2D eigenvalue weighted by Gasteiger charge is -2.18. The van der Waals surface area contributed by atoms with Crippen molar-refractivity contribution in [1.82, 2.24) is 5.32 Å². The Balaban J connectivity index is 2.77. The van der Waals surface area contributed by atoms with E-state index in [4.69, 9.17) is 0 Å². The maximum Gasteiger partial charge on any atom is 0.416 e. The fraction of sp³-hybridized carbons (Fsp3) is 0.571. The third kappa shape index (κ3) is 4.69. The van der Waals surface area contributed by atoms with Crippen molar-refractivity contribution in [2.24, 2.45) is 0 Å². The summed E-state index contributed by atoms with van der Waals surface area (Å²) in [6, 6.07) is 5.86. The zero-order valence-corrected chi connectivity index (χ0v) is 10.8. The van der Waals surface area contributed by atoms with Gasteiger partial charge in [-0.05, 0) is 31.0 Å². The molecule has 1 aromatic rings. The maximum absolute atomic E-state index is 12.6. The molecule has 0 saturated carbocycles. The second-order valence-electron chi connectivity index (χ2n) is 4.45. The van der Waals surface area contributed by atoms with Gasteiger partial charge in [0.25, 0.3) is 0 Å². The van der Waals surface area contributed by atoms with E-state index in [9.17, 15) is 13.2 Å². The zero-order valence-electron chi connectivity index (χ0n) is 10.8. The molecule has 0 aromatic heterocycles. The van der Waals surface area contributed by atoms with Crippen molar-refractivity contribution in [3.05, 3.63) is 35.4 Å². The topological polar surface area (TPSA) is 12.0 Å². The summed E-state index contributed by atoms with van der Waals surface area (Å²) < 4.78 is 37.8. The first-order valence-electron chi connectivity index (χ1n) is 6.36. The van der Waals surface area contributed by atoms with Crippen molar-refractivity contribution in [3.63, 3.8) is 0 Å². The highest BCUT2D eigenvalue weighted by Gasteiger charge is 2.30. The summed E-state index contributed by atoms with van der Waals surface area (Å²) in [7, 11) is 0. The van der Waals surface area contributed by atoms with E-state index in [0.29, 0.717) is 6.42 Å². The van der Waals surface area contributed by atoms with E-state index in [1.807, 2.05) is 6.92 Å². The molecule has 0 heterocycles. The number of halogens is 3. The van der Waals surface area contributed by atoms with Crippen molar-refractivity contribution >= 4 is 0 Å². The Morgan fingerprint density at radius 3 is 2.50 bits per heavy atom. The van der Waals surface area contributed by atoms with E-state index >= 15 is 0 Å². The fourth-order valence-electron chi connectivity index (χ4n) is 2.07. The molecule has 1 nitrogen and oxygen atoms in total. The molecule has 0 bridgehead atoms. The van der Waals surface area contributed by atoms with Crippen LogP contribution in [0.2, 0.25) is 0 Å². The lowest BCUT2D eigenvalue weighted by molar-refractivity contribution is -0.137. The first kappa shape index (κ1) is 15.0. The molecule has 102 valence electrons. The van der Waals surface area contributed by atoms with Crippen LogP contribution in [0.4, 0.5) is 13.2 Å². The Morgan fingerprint density at radius 1 is 1.22 bits per heavy atom. The quantitative estimate of drug-likeness (QED) is 0.813. The monoisotopic (exact) mass is 259 g/mol. The largest absolute Gasteiger partial charge is 0.416 e. The van der Waals surface area contributed by atoms with Gasteiger partial charge in [0.1, 0.15) is 0 Å². The molecule has 0 spiro atoms. The zero-order chi connectivity index (χ0) is 13.6. The molecule has 1 N–H and O–H groups in total. The van der Waals surface area contributed by atoms with E-state index in [1.165, 1.54) is 12.1 Å². The van der Waals surface area contributed by atoms with E-state index in [0.717, 1.165) is 31.0 Å². The molecule has 0 aliphatic carbocycles. The molecular formula is C14H20F3N. The molecule has 4 heteroatoms. The highest BCUT2D eigenvalue weighted by atomic mass is 19.4. The van der Waals surface area contributed by atoms with Crippen LogP contribution in [0.25, 0.3) is 0 Å². The van der Waals surface area contributed by atoms with Gasteiger partial charge in [-0.15, -0.1) is 0 Å². The second kappa shape index (κ2) is 6.78. The van der Waals surface area contributed by atoms with Crippen LogP contribution in [0.5, 0.6) is 0 Å². The van der Waals surface area contributed by atoms with Crippen LogP contribution >= 0.6 is 0 Å². The van der Waals surface area contributed by atoms with Gasteiger partial charge in [-0.25, -0.2) is 0 Å². The van der Waals surface area contributed by atoms with Gasteiger partial charge < -0.3 is 5.32 Å². The van der Waals surface area contributed by atoms with Gasteiger partial charge in [0.05, 0.1) is 5.56 Å². The highest BCUT2D eigenvalue weighted by molar-refractivity contribution is 5.26. The van der Waals surface area contributed by atoms with Crippen molar-refractivity contribution in [3.8, 4) is 0 Å². The third-order valence-electron chi connectivity index (χ3n) is 2.87. The van der Waals surface area contributed by atoms with Gasteiger partial charge in [0.2, 0.25) is 0 Å². The van der Waals surface area contributed by atoms with Crippen molar-refractivity contribution in [1.29, 1.82) is 0 Å². The fourth-order valence-corrected chi connectivity index (χ4v) is 2.07. The third-order valence-corrected chi connectivity index (χ3v) is 2.87. The lowest BCUT2D eigenvalue weighted by Crippen LogP contribution is -2.30. The van der Waals surface area contributed by atoms with Gasteiger partial charge in [-0.1, -0.05) is 38.5 Å². The van der Waals surface area contributed by atoms with Crippen LogP contribution in [-0.2, 0) is 12.6 Å². The molecule has 0 radical (unpaired) electrons. The van der Waals surface area contributed by atoms with Crippen molar-refractivity contribution < 1.29 is 13.2 Å². The molecule has 0 saturated heterocycles. The average molecular weight is 259 g/mol. The lowest BCUT2D eigenvalue weighted by atomic mass is 10.0. The van der Waals surface area contributed by atoms with Crippen molar-refractivity contribution in [2.45, 2.75) is 45.3 Å². The summed E-state index contributed by atoms with van der Waals surface area (Å²) in [5.74, 6) is 0. The number of hydrogen-bond acceptors (Lipinski definition) is 1. The molecule has 18 heavy (non-hydrogen) atoms. The number of likely N-dealkylation sites (N-methyl/N-ethyl adjacent to an activating group) is 1. The van der Waals surface area contributed by atoms with Crippen LogP contribution in [0.15, 0.2) is 24.3 Å². The molecule has 0 aliphatic rings. The van der Waals surface area contributed by atoms with E-state index in [2.05, 4.69) is 12.2 Å². The first-order valence-corrected chi connectivity index (χ1v) is 6.36. The Morgan fingerprint density at radius 2 is 1.94 bits per heavy atom. The standard InChI is InChI=1S/C14H20F3N/c1-3-6-13(18-4-2)10-11-7-5-8-12(9-11)14(15,16)17/h5,7-9,13,18H,3-4,6,10H2,1-2H3. The van der Waals surface area contributed by atoms with Gasteiger partial charge in [0, 0.05) is 6.04 Å². The van der Waals surface area contributed by atoms with Crippen LogP contribution in [-0.4, -0.2) is 12.6 Å². The van der Waals surface area contributed by atoms with Crippen LogP contribution in [0, 0.1) is 0 Å². The number of hydrogen-bond donors (Lipinski definition) is 1. The summed E-state index contributed by atoms with van der Waals surface area (Å²) in [4.78, 5) is 0. The Hall–Kier alpha value is -1.03.